The van der Waals surface area contributed by atoms with Crippen molar-refractivity contribution in [3.8, 4) is 11.1 Å². The van der Waals surface area contributed by atoms with Crippen molar-refractivity contribution in [1.29, 1.82) is 0 Å². The Balaban J connectivity index is 1.45. The zero-order valence-electron chi connectivity index (χ0n) is 19.9. The van der Waals surface area contributed by atoms with Crippen molar-refractivity contribution in [2.24, 2.45) is 0 Å². The second-order valence-electron chi connectivity index (χ2n) is 8.56. The van der Waals surface area contributed by atoms with E-state index >= 15 is 0 Å². The van der Waals surface area contributed by atoms with Gasteiger partial charge in [0, 0.05) is 19.4 Å². The molecule has 1 N–H and O–H groups in total. The molecule has 0 aromatic heterocycles. The van der Waals surface area contributed by atoms with Crippen LogP contribution in [0.2, 0.25) is 0 Å². The maximum Gasteiger partial charge on any atom is 0.410 e. The number of amides is 1. The Morgan fingerprint density at radius 1 is 0.972 bits per heavy atom. The molecule has 7 nitrogen and oxygen atoms in total. The Kier molecular flexibility index (Phi) is 7.49. The smallest absolute Gasteiger partial charge is 0.410 e. The lowest BCUT2D eigenvalue weighted by atomic mass is 9.98. The quantitative estimate of drug-likeness (QED) is 0.342. The van der Waals surface area contributed by atoms with E-state index in [1.54, 1.807) is 24.3 Å². The molecule has 0 saturated carbocycles. The molecule has 1 aliphatic carbocycles. The lowest BCUT2D eigenvalue weighted by Gasteiger charge is -2.25. The van der Waals surface area contributed by atoms with Crippen molar-refractivity contribution >= 4 is 18.0 Å². The minimum absolute atomic E-state index is 0.00138. The molecule has 4 rings (SSSR count). The molecule has 0 fully saturated rings. The number of carbonyl (C=O) groups excluding carboxylic acids is 2. The number of carboxylic acids is 1. The first-order valence-electron chi connectivity index (χ1n) is 11.6. The maximum atomic E-state index is 12.9. The highest BCUT2D eigenvalue weighted by molar-refractivity contribution is 5.89. The van der Waals surface area contributed by atoms with E-state index in [9.17, 15) is 19.5 Å². The first-order valence-corrected chi connectivity index (χ1v) is 11.6. The highest BCUT2D eigenvalue weighted by Crippen LogP contribution is 2.44. The molecule has 0 saturated heterocycles. The third-order valence-corrected chi connectivity index (χ3v) is 6.30. The van der Waals surface area contributed by atoms with Crippen LogP contribution in [0.15, 0.2) is 85.5 Å². The third kappa shape index (κ3) is 5.15. The number of carboxylic acid groups (broad SMARTS) is 1. The number of aliphatic carboxylic acids is 1. The highest BCUT2D eigenvalue weighted by atomic mass is 16.6. The first kappa shape index (κ1) is 24.7. The number of rotatable bonds is 9. The number of fused-ring (bicyclic) bond motifs is 3. The van der Waals surface area contributed by atoms with Crippen LogP contribution in [0.25, 0.3) is 11.1 Å². The number of hydrogen-bond donors (Lipinski definition) is 1. The molecule has 1 atom stereocenters. The number of ether oxygens (including phenoxy) is 2. The summed E-state index contributed by atoms with van der Waals surface area (Å²) in [5, 5.41) is 9.84. The van der Waals surface area contributed by atoms with Crippen LogP contribution in [-0.2, 0) is 20.7 Å². The van der Waals surface area contributed by atoms with E-state index in [0.717, 1.165) is 27.2 Å². The molecular weight excluding hydrogens is 458 g/mol. The summed E-state index contributed by atoms with van der Waals surface area (Å²) >= 11 is 0. The minimum atomic E-state index is -1.18. The number of carbonyl (C=O) groups is 3. The van der Waals surface area contributed by atoms with E-state index in [2.05, 4.69) is 6.58 Å². The summed E-state index contributed by atoms with van der Waals surface area (Å²) in [5.41, 5.74) is 5.24. The van der Waals surface area contributed by atoms with E-state index in [4.69, 9.17) is 9.47 Å². The monoisotopic (exact) mass is 485 g/mol. The van der Waals surface area contributed by atoms with Gasteiger partial charge in [0.2, 0.25) is 0 Å². The summed E-state index contributed by atoms with van der Waals surface area (Å²) < 4.78 is 10.7. The number of esters is 1. The van der Waals surface area contributed by atoms with Crippen LogP contribution in [0, 0.1) is 0 Å². The van der Waals surface area contributed by atoms with Gasteiger partial charge in [-0.25, -0.2) is 14.4 Å². The molecule has 36 heavy (non-hydrogen) atoms. The predicted molar refractivity (Wildman–Crippen MR) is 135 cm³/mol. The fourth-order valence-electron chi connectivity index (χ4n) is 4.48. The summed E-state index contributed by atoms with van der Waals surface area (Å²) in [5.74, 6) is -1.84. The van der Waals surface area contributed by atoms with Gasteiger partial charge in [0.15, 0.2) is 0 Å². The molecular formula is C29H27NO6. The Morgan fingerprint density at radius 2 is 1.61 bits per heavy atom. The van der Waals surface area contributed by atoms with Gasteiger partial charge in [-0.15, -0.1) is 0 Å². The molecule has 0 spiro atoms. The highest BCUT2D eigenvalue weighted by Gasteiger charge is 2.32. The third-order valence-electron chi connectivity index (χ3n) is 6.30. The van der Waals surface area contributed by atoms with Crippen LogP contribution in [0.5, 0.6) is 0 Å². The minimum Gasteiger partial charge on any atom is -0.480 e. The van der Waals surface area contributed by atoms with Crippen molar-refractivity contribution in [2.45, 2.75) is 18.4 Å². The van der Waals surface area contributed by atoms with Crippen molar-refractivity contribution < 1.29 is 29.0 Å². The Labute approximate surface area is 209 Å². The molecule has 1 aliphatic rings. The fourth-order valence-corrected chi connectivity index (χ4v) is 4.48. The van der Waals surface area contributed by atoms with Crippen LogP contribution in [-0.4, -0.2) is 54.3 Å². The summed E-state index contributed by atoms with van der Waals surface area (Å²) in [6, 6.07) is 21.3. The topological polar surface area (TPSA) is 93.1 Å². The molecule has 0 radical (unpaired) electrons. The predicted octanol–water partition coefficient (Wildman–Crippen LogP) is 4.91. The van der Waals surface area contributed by atoms with E-state index in [0.29, 0.717) is 11.1 Å². The average molecular weight is 486 g/mol. The molecule has 184 valence electrons. The van der Waals surface area contributed by atoms with Gasteiger partial charge in [0.1, 0.15) is 19.3 Å². The Bertz CT molecular complexity index is 1250. The number of hydrogen-bond acceptors (Lipinski definition) is 5. The number of likely N-dealkylation sites (N-methyl/N-ethyl adjacent to an activating group) is 1. The summed E-state index contributed by atoms with van der Waals surface area (Å²) in [7, 11) is 1.40. The van der Waals surface area contributed by atoms with Gasteiger partial charge in [-0.1, -0.05) is 73.3 Å². The van der Waals surface area contributed by atoms with Gasteiger partial charge >= 0.3 is 18.0 Å². The molecule has 0 bridgehead atoms. The van der Waals surface area contributed by atoms with Crippen molar-refractivity contribution in [1.82, 2.24) is 4.90 Å². The Morgan fingerprint density at radius 3 is 2.22 bits per heavy atom. The zero-order chi connectivity index (χ0) is 25.7. The molecule has 0 aliphatic heterocycles. The van der Waals surface area contributed by atoms with Gasteiger partial charge in [-0.3, -0.25) is 4.90 Å². The molecule has 1 amide bonds. The molecule has 3 aromatic rings. The van der Waals surface area contributed by atoms with E-state index < -0.39 is 24.1 Å². The van der Waals surface area contributed by atoms with Gasteiger partial charge in [0.05, 0.1) is 5.56 Å². The molecule has 3 aromatic carbocycles. The second-order valence-corrected chi connectivity index (χ2v) is 8.56. The lowest BCUT2D eigenvalue weighted by molar-refractivity contribution is -0.142. The normalized spacial score (nSPS) is 12.7. The SMILES string of the molecule is C=CCOC(=O)c1cccc(C[C@@H](C(=O)O)N(C)C(=O)OCC2c3ccccc3-c3ccccc32)c1. The van der Waals surface area contributed by atoms with Crippen molar-refractivity contribution in [2.75, 3.05) is 20.3 Å². The van der Waals surface area contributed by atoms with Gasteiger partial charge in [-0.2, -0.15) is 0 Å². The average Bonchev–Trinajstić information content (AvgIpc) is 3.22. The zero-order valence-corrected chi connectivity index (χ0v) is 19.9. The second kappa shape index (κ2) is 10.9. The summed E-state index contributed by atoms with van der Waals surface area (Å²) in [6.07, 6.45) is 0.732. The van der Waals surface area contributed by atoms with Crippen LogP contribution in [0.3, 0.4) is 0 Å². The van der Waals surface area contributed by atoms with Crippen LogP contribution >= 0.6 is 0 Å². The van der Waals surface area contributed by atoms with Gasteiger partial charge in [-0.05, 0) is 39.9 Å². The Hall–Kier alpha value is -4.39. The van der Waals surface area contributed by atoms with Crippen LogP contribution < -0.4 is 0 Å². The van der Waals surface area contributed by atoms with E-state index in [1.165, 1.54) is 13.1 Å². The lowest BCUT2D eigenvalue weighted by Crippen LogP contribution is -2.44. The maximum absolute atomic E-state index is 12.9. The van der Waals surface area contributed by atoms with Crippen molar-refractivity contribution in [3.63, 3.8) is 0 Å². The van der Waals surface area contributed by atoms with E-state index in [-0.39, 0.29) is 25.6 Å². The summed E-state index contributed by atoms with van der Waals surface area (Å²) in [4.78, 5) is 38.2. The molecule has 7 heteroatoms. The number of benzene rings is 3. The first-order chi connectivity index (χ1) is 17.4. The van der Waals surface area contributed by atoms with Gasteiger partial charge < -0.3 is 14.6 Å². The van der Waals surface area contributed by atoms with Crippen LogP contribution in [0.4, 0.5) is 4.79 Å². The van der Waals surface area contributed by atoms with E-state index in [1.807, 2.05) is 48.5 Å². The largest absolute Gasteiger partial charge is 0.480 e. The molecule has 0 unspecified atom stereocenters. The van der Waals surface area contributed by atoms with Crippen molar-refractivity contribution in [3.05, 3.63) is 108 Å². The fraction of sp³-hybridized carbons (Fsp3) is 0.207. The molecule has 0 heterocycles. The van der Waals surface area contributed by atoms with Gasteiger partial charge in [0.25, 0.3) is 0 Å². The number of nitrogens with zero attached hydrogens (tertiary/aromatic N) is 1. The standard InChI is InChI=1S/C29H27NO6/c1-3-15-35-28(33)20-10-8-9-19(16-20)17-26(27(31)32)30(2)29(34)36-18-25-23-13-6-4-11-21(23)22-12-5-7-14-24(22)25/h3-14,16,25-26H,1,15,17-18H2,2H3,(H,31,32)/t26-/m0/s1. The van der Waals surface area contributed by atoms with Crippen LogP contribution in [0.1, 0.15) is 33.0 Å². The summed E-state index contributed by atoms with van der Waals surface area (Å²) in [6.45, 7) is 3.68.